The smallest absolute Gasteiger partial charge is 0.293 e. The number of hydrogen-bond acceptors (Lipinski definition) is 6. The summed E-state index contributed by atoms with van der Waals surface area (Å²) in [6.07, 6.45) is 1.43. The minimum atomic E-state index is -0.537. The first-order valence-corrected chi connectivity index (χ1v) is 9.83. The van der Waals surface area contributed by atoms with Crippen LogP contribution in [0.5, 0.6) is 5.75 Å². The zero-order valence-electron chi connectivity index (χ0n) is 13.4. The SMILES string of the molecule is O=C1S/C(=C/c2cc(Br)cc(Br)c2O)C(=O)N1Cc1cccc([N+](=O)[O-])c1. The number of non-ortho nitro benzene ring substituents is 1. The van der Waals surface area contributed by atoms with Crippen molar-refractivity contribution < 1.29 is 19.6 Å². The minimum Gasteiger partial charge on any atom is -0.506 e. The van der Waals surface area contributed by atoms with E-state index in [1.165, 1.54) is 24.3 Å². The van der Waals surface area contributed by atoms with Crippen molar-refractivity contribution in [1.29, 1.82) is 0 Å². The van der Waals surface area contributed by atoms with Gasteiger partial charge in [0.25, 0.3) is 16.8 Å². The molecule has 2 aromatic rings. The number of hydrogen-bond donors (Lipinski definition) is 1. The van der Waals surface area contributed by atoms with Crippen LogP contribution in [0.1, 0.15) is 11.1 Å². The summed E-state index contributed by atoms with van der Waals surface area (Å²) in [5, 5.41) is 20.5. The Bertz CT molecular complexity index is 1010. The lowest BCUT2D eigenvalue weighted by Crippen LogP contribution is -2.27. The maximum atomic E-state index is 12.6. The molecule has 0 saturated carbocycles. The number of benzene rings is 2. The molecule has 0 bridgehead atoms. The van der Waals surface area contributed by atoms with Gasteiger partial charge in [-0.1, -0.05) is 28.1 Å². The van der Waals surface area contributed by atoms with Gasteiger partial charge in [-0.15, -0.1) is 0 Å². The number of thioether (sulfide) groups is 1. The van der Waals surface area contributed by atoms with E-state index in [1.807, 2.05) is 0 Å². The van der Waals surface area contributed by atoms with Gasteiger partial charge in [-0.05, 0) is 51.5 Å². The highest BCUT2D eigenvalue weighted by molar-refractivity contribution is 9.11. The molecule has 2 aromatic carbocycles. The van der Waals surface area contributed by atoms with Crippen LogP contribution >= 0.6 is 43.6 Å². The normalized spacial score (nSPS) is 15.6. The highest BCUT2D eigenvalue weighted by atomic mass is 79.9. The molecule has 0 unspecified atom stereocenters. The molecule has 1 fully saturated rings. The van der Waals surface area contributed by atoms with Gasteiger partial charge in [0.2, 0.25) is 0 Å². The number of imide groups is 1. The average Bonchev–Trinajstić information content (AvgIpc) is 2.87. The molecule has 0 radical (unpaired) electrons. The molecule has 0 aliphatic carbocycles. The molecule has 1 aliphatic rings. The van der Waals surface area contributed by atoms with E-state index in [1.54, 1.807) is 18.2 Å². The third-order valence-corrected chi connectivity index (χ3v) is 5.65. The molecule has 0 aromatic heterocycles. The Labute approximate surface area is 174 Å². The van der Waals surface area contributed by atoms with E-state index in [9.17, 15) is 24.8 Å². The van der Waals surface area contributed by atoms with Gasteiger partial charge in [0.05, 0.1) is 20.8 Å². The van der Waals surface area contributed by atoms with Crippen molar-refractivity contribution in [3.63, 3.8) is 0 Å². The molecule has 3 rings (SSSR count). The monoisotopic (exact) mass is 512 g/mol. The summed E-state index contributed by atoms with van der Waals surface area (Å²) in [5.74, 6) is -0.573. The number of rotatable bonds is 4. The standard InChI is InChI=1S/C17H10Br2N2O5S/c18-11-5-10(15(22)13(19)7-11)6-14-16(23)20(17(24)27-14)8-9-2-1-3-12(4-9)21(25)26/h1-7,22H,8H2/b14-6+. The van der Waals surface area contributed by atoms with Crippen LogP contribution in [0.15, 0.2) is 50.2 Å². The van der Waals surface area contributed by atoms with E-state index in [-0.39, 0.29) is 22.9 Å². The number of nitro groups is 1. The van der Waals surface area contributed by atoms with Gasteiger partial charge in [-0.2, -0.15) is 0 Å². The number of carbonyl (C=O) groups is 2. The number of amides is 2. The van der Waals surface area contributed by atoms with E-state index in [0.717, 1.165) is 16.7 Å². The minimum absolute atomic E-state index is 0.0521. The average molecular weight is 514 g/mol. The Hall–Kier alpha value is -2.17. The van der Waals surface area contributed by atoms with Crippen LogP contribution < -0.4 is 0 Å². The Morgan fingerprint density at radius 3 is 2.67 bits per heavy atom. The molecular formula is C17H10Br2N2O5S. The van der Waals surface area contributed by atoms with Gasteiger partial charge in [0.15, 0.2) is 0 Å². The molecule has 1 heterocycles. The van der Waals surface area contributed by atoms with E-state index in [2.05, 4.69) is 31.9 Å². The molecule has 1 aliphatic heterocycles. The molecule has 138 valence electrons. The zero-order chi connectivity index (χ0) is 19.7. The number of carbonyl (C=O) groups excluding carboxylic acids is 2. The third kappa shape index (κ3) is 4.23. The van der Waals surface area contributed by atoms with Gasteiger partial charge in [0.1, 0.15) is 5.75 Å². The fourth-order valence-electron chi connectivity index (χ4n) is 2.42. The quantitative estimate of drug-likeness (QED) is 0.348. The lowest BCUT2D eigenvalue weighted by atomic mass is 10.1. The van der Waals surface area contributed by atoms with Crippen LogP contribution in [0.2, 0.25) is 0 Å². The Morgan fingerprint density at radius 2 is 1.96 bits per heavy atom. The molecule has 27 heavy (non-hydrogen) atoms. The largest absolute Gasteiger partial charge is 0.506 e. The summed E-state index contributed by atoms with van der Waals surface area (Å²) in [4.78, 5) is 36.4. The van der Waals surface area contributed by atoms with Crippen molar-refractivity contribution in [2.24, 2.45) is 0 Å². The summed E-state index contributed by atoms with van der Waals surface area (Å²) in [5.41, 5.74) is 0.733. The van der Waals surface area contributed by atoms with E-state index >= 15 is 0 Å². The van der Waals surface area contributed by atoms with Crippen molar-refractivity contribution >= 4 is 66.5 Å². The topological polar surface area (TPSA) is 101 Å². The van der Waals surface area contributed by atoms with E-state index in [4.69, 9.17) is 0 Å². The predicted molar refractivity (Wildman–Crippen MR) is 108 cm³/mol. The molecule has 0 spiro atoms. The lowest BCUT2D eigenvalue weighted by molar-refractivity contribution is -0.384. The highest BCUT2D eigenvalue weighted by Crippen LogP contribution is 2.38. The number of nitro benzene ring substituents is 1. The summed E-state index contributed by atoms with van der Waals surface area (Å²) in [6, 6.07) is 9.04. The molecule has 0 atom stereocenters. The molecule has 7 nitrogen and oxygen atoms in total. The van der Waals surface area contributed by atoms with Gasteiger partial charge in [0, 0.05) is 22.2 Å². The molecular weight excluding hydrogens is 504 g/mol. The second-order valence-corrected chi connectivity index (χ2v) is 8.28. The number of aromatic hydroxyl groups is 1. The second-order valence-electron chi connectivity index (χ2n) is 5.52. The Balaban J connectivity index is 1.87. The van der Waals surface area contributed by atoms with E-state index < -0.39 is 16.1 Å². The van der Waals surface area contributed by atoms with Crippen LogP contribution in [0.3, 0.4) is 0 Å². The predicted octanol–water partition coefficient (Wildman–Crippen LogP) is 5.06. The van der Waals surface area contributed by atoms with Crippen molar-refractivity contribution in [2.75, 3.05) is 0 Å². The number of halogens is 2. The van der Waals surface area contributed by atoms with Crippen LogP contribution in [0.4, 0.5) is 10.5 Å². The molecule has 1 N–H and O–H groups in total. The van der Waals surface area contributed by atoms with Crippen molar-refractivity contribution in [3.8, 4) is 5.75 Å². The maximum Gasteiger partial charge on any atom is 0.293 e. The van der Waals surface area contributed by atoms with Crippen LogP contribution in [0, 0.1) is 10.1 Å². The number of phenols is 1. The molecule has 2 amide bonds. The maximum absolute atomic E-state index is 12.6. The Morgan fingerprint density at radius 1 is 1.22 bits per heavy atom. The first-order valence-electron chi connectivity index (χ1n) is 7.43. The van der Waals surface area contributed by atoms with Gasteiger partial charge >= 0.3 is 0 Å². The van der Waals surface area contributed by atoms with Crippen molar-refractivity contribution in [2.45, 2.75) is 6.54 Å². The number of phenolic OH excluding ortho intramolecular Hbond substituents is 1. The lowest BCUT2D eigenvalue weighted by Gasteiger charge is -2.12. The summed E-state index contributed by atoms with van der Waals surface area (Å²) in [6.45, 7) is -0.0716. The van der Waals surface area contributed by atoms with Gasteiger partial charge in [-0.25, -0.2) is 0 Å². The first kappa shape index (κ1) is 19.6. The first-order chi connectivity index (χ1) is 12.8. The van der Waals surface area contributed by atoms with Crippen LogP contribution in [-0.4, -0.2) is 26.1 Å². The van der Waals surface area contributed by atoms with Gasteiger partial charge < -0.3 is 5.11 Å². The van der Waals surface area contributed by atoms with Crippen molar-refractivity contribution in [1.82, 2.24) is 4.90 Å². The van der Waals surface area contributed by atoms with Gasteiger partial charge in [-0.3, -0.25) is 24.6 Å². The van der Waals surface area contributed by atoms with Crippen LogP contribution in [0.25, 0.3) is 6.08 Å². The summed E-state index contributed by atoms with van der Waals surface area (Å²) < 4.78 is 1.13. The van der Waals surface area contributed by atoms with Crippen molar-refractivity contribution in [3.05, 3.63) is 71.5 Å². The van der Waals surface area contributed by atoms with Crippen LogP contribution in [-0.2, 0) is 11.3 Å². The molecule has 1 saturated heterocycles. The van der Waals surface area contributed by atoms with E-state index in [0.29, 0.717) is 20.1 Å². The fourth-order valence-corrected chi connectivity index (χ4v) is 4.51. The Kier molecular flexibility index (Phi) is 5.68. The second kappa shape index (κ2) is 7.83. The highest BCUT2D eigenvalue weighted by Gasteiger charge is 2.35. The summed E-state index contributed by atoms with van der Waals surface area (Å²) in [7, 11) is 0. The summed E-state index contributed by atoms with van der Waals surface area (Å²) >= 11 is 7.27. The zero-order valence-corrected chi connectivity index (χ0v) is 17.4. The fraction of sp³-hybridized carbons (Fsp3) is 0.0588. The molecule has 10 heteroatoms. The number of nitrogens with zero attached hydrogens (tertiary/aromatic N) is 2. The third-order valence-electron chi connectivity index (χ3n) is 3.68.